The maximum atomic E-state index is 12.0. The molecule has 2 N–H and O–H groups in total. The van der Waals surface area contributed by atoms with Crippen LogP contribution in [0.1, 0.15) is 0 Å². The van der Waals surface area contributed by atoms with Crippen LogP contribution in [0, 0.1) is 0 Å². The van der Waals surface area contributed by atoms with Gasteiger partial charge in [-0.25, -0.2) is 0 Å². The number of ether oxygens (including phenoxy) is 1. The number of fused-ring (bicyclic) bond motifs is 1. The summed E-state index contributed by atoms with van der Waals surface area (Å²) in [4.78, 5) is 28.1. The van der Waals surface area contributed by atoms with Gasteiger partial charge in [-0.1, -0.05) is 36.4 Å². The van der Waals surface area contributed by atoms with Gasteiger partial charge in [0.2, 0.25) is 5.91 Å². The SMILES string of the molecule is O=C(COc1ccccc1)NCC(=O)Nc1cccc2cccnc12. The molecular weight excluding hydrogens is 318 g/mol. The molecular formula is C19H17N3O3. The number of nitrogens with one attached hydrogen (secondary N) is 2. The lowest BCUT2D eigenvalue weighted by Gasteiger charge is -2.09. The smallest absolute Gasteiger partial charge is 0.258 e. The van der Waals surface area contributed by atoms with Gasteiger partial charge in [0.25, 0.3) is 5.91 Å². The first-order valence-electron chi connectivity index (χ1n) is 7.80. The van der Waals surface area contributed by atoms with Crippen LogP contribution < -0.4 is 15.4 Å². The molecule has 6 nitrogen and oxygen atoms in total. The lowest BCUT2D eigenvalue weighted by Crippen LogP contribution is -2.35. The van der Waals surface area contributed by atoms with E-state index in [1.165, 1.54) is 0 Å². The fraction of sp³-hybridized carbons (Fsp3) is 0.105. The standard InChI is InChI=1S/C19H17N3O3/c23-17(12-21-18(24)13-25-15-8-2-1-3-9-15)22-16-10-4-6-14-7-5-11-20-19(14)16/h1-11H,12-13H2,(H,21,24)(H,22,23). The molecule has 1 aromatic heterocycles. The highest BCUT2D eigenvalue weighted by atomic mass is 16.5. The summed E-state index contributed by atoms with van der Waals surface area (Å²) >= 11 is 0. The Balaban J connectivity index is 1.50. The fourth-order valence-corrected chi connectivity index (χ4v) is 2.29. The second-order valence-corrected chi connectivity index (χ2v) is 5.31. The number of anilines is 1. The van der Waals surface area contributed by atoms with E-state index in [1.54, 1.807) is 24.4 Å². The van der Waals surface area contributed by atoms with E-state index in [0.29, 0.717) is 17.0 Å². The quantitative estimate of drug-likeness (QED) is 0.725. The van der Waals surface area contributed by atoms with Crippen LogP contribution in [-0.4, -0.2) is 29.9 Å². The molecule has 6 heteroatoms. The van der Waals surface area contributed by atoms with E-state index in [0.717, 1.165) is 5.39 Å². The lowest BCUT2D eigenvalue weighted by atomic mass is 10.2. The van der Waals surface area contributed by atoms with E-state index < -0.39 is 0 Å². The number of nitrogens with zero attached hydrogens (tertiary/aromatic N) is 1. The fourth-order valence-electron chi connectivity index (χ4n) is 2.29. The zero-order valence-electron chi connectivity index (χ0n) is 13.4. The molecule has 0 radical (unpaired) electrons. The molecule has 2 aromatic carbocycles. The predicted octanol–water partition coefficient (Wildman–Crippen LogP) is 2.37. The third kappa shape index (κ3) is 4.54. The molecule has 0 unspecified atom stereocenters. The molecule has 0 fully saturated rings. The Morgan fingerprint density at radius 1 is 0.920 bits per heavy atom. The third-order valence-corrected chi connectivity index (χ3v) is 3.47. The summed E-state index contributed by atoms with van der Waals surface area (Å²) in [6, 6.07) is 18.3. The minimum Gasteiger partial charge on any atom is -0.484 e. The van der Waals surface area contributed by atoms with Gasteiger partial charge in [0, 0.05) is 11.6 Å². The first-order valence-corrected chi connectivity index (χ1v) is 7.80. The van der Waals surface area contributed by atoms with Gasteiger partial charge >= 0.3 is 0 Å². The van der Waals surface area contributed by atoms with Crippen molar-refractivity contribution in [1.29, 1.82) is 0 Å². The Morgan fingerprint density at radius 2 is 1.72 bits per heavy atom. The average Bonchev–Trinajstić information content (AvgIpc) is 2.66. The van der Waals surface area contributed by atoms with Gasteiger partial charge < -0.3 is 15.4 Å². The molecule has 0 atom stereocenters. The first kappa shape index (κ1) is 16.4. The average molecular weight is 335 g/mol. The van der Waals surface area contributed by atoms with Crippen LogP contribution in [0.5, 0.6) is 5.75 Å². The number of amides is 2. The summed E-state index contributed by atoms with van der Waals surface area (Å²) < 4.78 is 5.32. The molecule has 0 saturated heterocycles. The highest BCUT2D eigenvalue weighted by molar-refractivity contribution is 6.01. The van der Waals surface area contributed by atoms with Gasteiger partial charge in [-0.2, -0.15) is 0 Å². The van der Waals surface area contributed by atoms with Crippen molar-refractivity contribution in [2.24, 2.45) is 0 Å². The van der Waals surface area contributed by atoms with E-state index >= 15 is 0 Å². The Morgan fingerprint density at radius 3 is 2.56 bits per heavy atom. The lowest BCUT2D eigenvalue weighted by molar-refractivity contribution is -0.125. The highest BCUT2D eigenvalue weighted by Crippen LogP contribution is 2.20. The van der Waals surface area contributed by atoms with Crippen molar-refractivity contribution in [2.45, 2.75) is 0 Å². The van der Waals surface area contributed by atoms with E-state index in [9.17, 15) is 9.59 Å². The summed E-state index contributed by atoms with van der Waals surface area (Å²) in [5.41, 5.74) is 1.31. The van der Waals surface area contributed by atoms with Gasteiger partial charge in [-0.3, -0.25) is 14.6 Å². The van der Waals surface area contributed by atoms with Gasteiger partial charge in [0.15, 0.2) is 6.61 Å². The maximum Gasteiger partial charge on any atom is 0.258 e. The number of pyridine rings is 1. The minimum absolute atomic E-state index is 0.139. The van der Waals surface area contributed by atoms with Crippen LogP contribution in [0.15, 0.2) is 66.9 Å². The number of hydrogen-bond acceptors (Lipinski definition) is 4. The van der Waals surface area contributed by atoms with Crippen LogP contribution in [0.2, 0.25) is 0 Å². The number of carbonyl (C=O) groups is 2. The molecule has 1 heterocycles. The molecule has 0 bridgehead atoms. The summed E-state index contributed by atoms with van der Waals surface area (Å²) in [6.45, 7) is -0.284. The van der Waals surface area contributed by atoms with Crippen LogP contribution in [-0.2, 0) is 9.59 Å². The molecule has 3 rings (SSSR count). The second-order valence-electron chi connectivity index (χ2n) is 5.31. The van der Waals surface area contributed by atoms with Gasteiger partial charge in [-0.05, 0) is 24.3 Å². The molecule has 25 heavy (non-hydrogen) atoms. The van der Waals surface area contributed by atoms with Crippen molar-refractivity contribution < 1.29 is 14.3 Å². The maximum absolute atomic E-state index is 12.0. The molecule has 3 aromatic rings. The Kier molecular flexibility index (Phi) is 5.21. The van der Waals surface area contributed by atoms with E-state index in [2.05, 4.69) is 15.6 Å². The predicted molar refractivity (Wildman–Crippen MR) is 95.3 cm³/mol. The molecule has 0 aliphatic heterocycles. The summed E-state index contributed by atoms with van der Waals surface area (Å²) in [5, 5.41) is 6.21. The van der Waals surface area contributed by atoms with Crippen LogP contribution in [0.4, 0.5) is 5.69 Å². The Labute approximate surface area is 144 Å². The van der Waals surface area contributed by atoms with Crippen molar-refractivity contribution in [3.05, 3.63) is 66.9 Å². The number of aromatic nitrogens is 1. The summed E-state index contributed by atoms with van der Waals surface area (Å²) in [5.74, 6) is -0.0924. The van der Waals surface area contributed by atoms with Crippen molar-refractivity contribution in [2.75, 3.05) is 18.5 Å². The third-order valence-electron chi connectivity index (χ3n) is 3.47. The molecule has 0 aliphatic carbocycles. The summed E-state index contributed by atoms with van der Waals surface area (Å²) in [7, 11) is 0. The Bertz CT molecular complexity index is 876. The van der Waals surface area contributed by atoms with Crippen molar-refractivity contribution >= 4 is 28.4 Å². The molecule has 2 amide bonds. The van der Waals surface area contributed by atoms with Crippen LogP contribution in [0.25, 0.3) is 10.9 Å². The molecule has 0 spiro atoms. The largest absolute Gasteiger partial charge is 0.484 e. The van der Waals surface area contributed by atoms with E-state index in [1.807, 2.05) is 42.5 Å². The molecule has 126 valence electrons. The topological polar surface area (TPSA) is 80.3 Å². The van der Waals surface area contributed by atoms with Crippen molar-refractivity contribution in [3.63, 3.8) is 0 Å². The monoisotopic (exact) mass is 335 g/mol. The number of rotatable bonds is 6. The number of hydrogen-bond donors (Lipinski definition) is 2. The van der Waals surface area contributed by atoms with E-state index in [4.69, 9.17) is 4.74 Å². The zero-order chi connectivity index (χ0) is 17.5. The Hall–Kier alpha value is -3.41. The van der Waals surface area contributed by atoms with E-state index in [-0.39, 0.29) is 25.0 Å². The second kappa shape index (κ2) is 7.92. The minimum atomic E-state index is -0.366. The number of para-hydroxylation sites is 2. The number of carbonyl (C=O) groups excluding carboxylic acids is 2. The normalized spacial score (nSPS) is 10.2. The highest BCUT2D eigenvalue weighted by Gasteiger charge is 2.09. The van der Waals surface area contributed by atoms with Gasteiger partial charge in [0.05, 0.1) is 17.7 Å². The zero-order valence-corrected chi connectivity index (χ0v) is 13.4. The van der Waals surface area contributed by atoms with Gasteiger partial charge in [-0.15, -0.1) is 0 Å². The molecule has 0 saturated carbocycles. The number of benzene rings is 2. The van der Waals surface area contributed by atoms with Gasteiger partial charge in [0.1, 0.15) is 5.75 Å². The van der Waals surface area contributed by atoms with Crippen molar-refractivity contribution in [3.8, 4) is 5.75 Å². The molecule has 0 aliphatic rings. The summed E-state index contributed by atoms with van der Waals surface area (Å²) in [6.07, 6.45) is 1.67. The van der Waals surface area contributed by atoms with Crippen molar-refractivity contribution in [1.82, 2.24) is 10.3 Å². The first-order chi connectivity index (χ1) is 12.2. The van der Waals surface area contributed by atoms with Crippen LogP contribution in [0.3, 0.4) is 0 Å². The van der Waals surface area contributed by atoms with Crippen LogP contribution >= 0.6 is 0 Å².